The number of hydrogen-bond acceptors (Lipinski definition) is 0. The largest absolute Gasteiger partial charge is 0.207 e. The third-order valence-corrected chi connectivity index (χ3v) is 3.34. The lowest BCUT2D eigenvalue weighted by atomic mass is 10.0. The molecule has 70 valence electrons. The maximum absolute atomic E-state index is 13.4. The summed E-state index contributed by atoms with van der Waals surface area (Å²) in [7, 11) is 0. The third-order valence-electron chi connectivity index (χ3n) is 2.85. The van der Waals surface area contributed by atoms with Gasteiger partial charge in [-0.25, -0.2) is 4.39 Å². The molecule has 1 saturated carbocycles. The first-order chi connectivity index (χ1) is 6.00. The highest BCUT2D eigenvalue weighted by atomic mass is 79.9. The van der Waals surface area contributed by atoms with Gasteiger partial charge in [0, 0.05) is 4.47 Å². The van der Waals surface area contributed by atoms with Gasteiger partial charge in [0.15, 0.2) is 0 Å². The molecule has 0 saturated heterocycles. The van der Waals surface area contributed by atoms with E-state index in [4.69, 9.17) is 0 Å². The number of hydrogen-bond donors (Lipinski definition) is 0. The van der Waals surface area contributed by atoms with E-state index in [0.29, 0.717) is 11.3 Å². The van der Waals surface area contributed by atoms with E-state index in [1.807, 2.05) is 6.07 Å². The van der Waals surface area contributed by atoms with Crippen LogP contribution < -0.4 is 0 Å². The van der Waals surface area contributed by atoms with Crippen LogP contribution in [0.25, 0.3) is 0 Å². The number of rotatable bonds is 1. The fourth-order valence-corrected chi connectivity index (χ4v) is 2.16. The third kappa shape index (κ3) is 1.64. The van der Waals surface area contributed by atoms with Gasteiger partial charge in [0.2, 0.25) is 0 Å². The predicted octanol–water partition coefficient (Wildman–Crippen LogP) is 4.10. The second kappa shape index (κ2) is 2.81. The van der Waals surface area contributed by atoms with Crippen LogP contribution in [0.3, 0.4) is 0 Å². The molecule has 2 heteroatoms. The Morgan fingerprint density at radius 2 is 2.08 bits per heavy atom. The van der Waals surface area contributed by atoms with Gasteiger partial charge in [0.25, 0.3) is 0 Å². The first-order valence-electron chi connectivity index (χ1n) is 4.46. The average molecular weight is 243 g/mol. The molecule has 1 aromatic rings. The van der Waals surface area contributed by atoms with Gasteiger partial charge < -0.3 is 0 Å². The summed E-state index contributed by atoms with van der Waals surface area (Å²) in [5, 5.41) is 0. The molecule has 0 bridgehead atoms. The summed E-state index contributed by atoms with van der Waals surface area (Å²) in [6.45, 7) is 4.36. The zero-order valence-electron chi connectivity index (χ0n) is 7.77. The van der Waals surface area contributed by atoms with Gasteiger partial charge in [0.05, 0.1) is 0 Å². The molecule has 0 amide bonds. The number of benzene rings is 1. The summed E-state index contributed by atoms with van der Waals surface area (Å²) in [6, 6.07) is 5.18. The molecule has 1 aliphatic carbocycles. The first-order valence-corrected chi connectivity index (χ1v) is 5.25. The summed E-state index contributed by atoms with van der Waals surface area (Å²) < 4.78 is 14.3. The lowest BCUT2D eigenvalue weighted by Gasteiger charge is -2.05. The van der Waals surface area contributed by atoms with Crippen molar-refractivity contribution in [2.45, 2.75) is 26.2 Å². The van der Waals surface area contributed by atoms with Crippen LogP contribution in [0.4, 0.5) is 4.39 Å². The highest BCUT2D eigenvalue weighted by Gasteiger charge is 2.47. The maximum atomic E-state index is 13.4. The summed E-state index contributed by atoms with van der Waals surface area (Å²) in [5.74, 6) is 0.337. The monoisotopic (exact) mass is 242 g/mol. The van der Waals surface area contributed by atoms with Crippen LogP contribution in [-0.2, 0) is 0 Å². The minimum Gasteiger partial charge on any atom is -0.207 e. The molecule has 0 N–H and O–H groups in total. The Hall–Kier alpha value is -0.370. The molecule has 1 fully saturated rings. The van der Waals surface area contributed by atoms with Gasteiger partial charge in [-0.3, -0.25) is 0 Å². The molecule has 13 heavy (non-hydrogen) atoms. The molecule has 1 aromatic carbocycles. The van der Waals surface area contributed by atoms with E-state index in [0.717, 1.165) is 16.5 Å². The molecular formula is C11H12BrF. The lowest BCUT2D eigenvalue weighted by molar-refractivity contribution is 0.576. The fraction of sp³-hybridized carbons (Fsp3) is 0.455. The van der Waals surface area contributed by atoms with E-state index in [-0.39, 0.29) is 5.82 Å². The van der Waals surface area contributed by atoms with Crippen LogP contribution in [0.1, 0.15) is 31.7 Å². The zero-order valence-corrected chi connectivity index (χ0v) is 9.36. The first kappa shape index (κ1) is 9.20. The van der Waals surface area contributed by atoms with E-state index in [1.165, 1.54) is 6.07 Å². The Morgan fingerprint density at radius 3 is 2.62 bits per heavy atom. The molecule has 0 heterocycles. The Labute approximate surface area is 86.3 Å². The molecule has 0 aliphatic heterocycles. The van der Waals surface area contributed by atoms with E-state index >= 15 is 0 Å². The second-order valence-electron chi connectivity index (χ2n) is 4.41. The van der Waals surface area contributed by atoms with Gasteiger partial charge >= 0.3 is 0 Å². The standard InChI is InChI=1S/C11H12BrF/c1-11(2)6-9(11)8-5-7(12)3-4-10(8)13/h3-5,9H,6H2,1-2H3. The second-order valence-corrected chi connectivity index (χ2v) is 5.33. The Balaban J connectivity index is 2.36. The Morgan fingerprint density at radius 1 is 1.46 bits per heavy atom. The molecule has 1 aliphatic rings. The van der Waals surface area contributed by atoms with Crippen molar-refractivity contribution in [2.75, 3.05) is 0 Å². The molecule has 0 radical (unpaired) electrons. The highest BCUT2D eigenvalue weighted by Crippen LogP contribution is 2.59. The Kier molecular flexibility index (Phi) is 1.99. The minimum absolute atomic E-state index is 0.0706. The molecular weight excluding hydrogens is 231 g/mol. The van der Waals surface area contributed by atoms with Gasteiger partial charge in [-0.1, -0.05) is 29.8 Å². The van der Waals surface area contributed by atoms with Crippen molar-refractivity contribution in [2.24, 2.45) is 5.41 Å². The van der Waals surface area contributed by atoms with Gasteiger partial charge in [-0.15, -0.1) is 0 Å². The van der Waals surface area contributed by atoms with Crippen molar-refractivity contribution in [1.29, 1.82) is 0 Å². The van der Waals surface area contributed by atoms with Crippen LogP contribution in [0.15, 0.2) is 22.7 Å². The zero-order chi connectivity index (χ0) is 9.64. The molecule has 1 atom stereocenters. The molecule has 1 unspecified atom stereocenters. The molecule has 2 rings (SSSR count). The van der Waals surface area contributed by atoms with E-state index in [9.17, 15) is 4.39 Å². The molecule has 0 aromatic heterocycles. The summed E-state index contributed by atoms with van der Waals surface area (Å²) in [5.41, 5.74) is 1.15. The summed E-state index contributed by atoms with van der Waals surface area (Å²) >= 11 is 3.36. The summed E-state index contributed by atoms with van der Waals surface area (Å²) in [4.78, 5) is 0. The topological polar surface area (TPSA) is 0 Å². The smallest absolute Gasteiger partial charge is 0.126 e. The van der Waals surface area contributed by atoms with Crippen molar-refractivity contribution >= 4 is 15.9 Å². The average Bonchev–Trinajstić information content (AvgIpc) is 2.65. The molecule has 0 nitrogen and oxygen atoms in total. The minimum atomic E-state index is -0.0706. The van der Waals surface area contributed by atoms with Crippen molar-refractivity contribution in [1.82, 2.24) is 0 Å². The molecule has 0 spiro atoms. The fourth-order valence-electron chi connectivity index (χ4n) is 1.78. The van der Waals surface area contributed by atoms with Crippen LogP contribution in [0.2, 0.25) is 0 Å². The SMILES string of the molecule is CC1(C)CC1c1cc(Br)ccc1F. The van der Waals surface area contributed by atoms with Crippen molar-refractivity contribution < 1.29 is 4.39 Å². The normalized spacial score (nSPS) is 24.5. The van der Waals surface area contributed by atoms with Crippen LogP contribution in [0, 0.1) is 11.2 Å². The van der Waals surface area contributed by atoms with Gasteiger partial charge in [0.1, 0.15) is 5.82 Å². The Bertz CT molecular complexity index is 344. The number of halogens is 2. The van der Waals surface area contributed by atoms with Crippen molar-refractivity contribution in [3.8, 4) is 0 Å². The highest BCUT2D eigenvalue weighted by molar-refractivity contribution is 9.10. The predicted molar refractivity (Wildman–Crippen MR) is 55.2 cm³/mol. The van der Waals surface area contributed by atoms with E-state index in [2.05, 4.69) is 29.8 Å². The maximum Gasteiger partial charge on any atom is 0.126 e. The van der Waals surface area contributed by atoms with E-state index < -0.39 is 0 Å². The lowest BCUT2D eigenvalue weighted by Crippen LogP contribution is -1.93. The van der Waals surface area contributed by atoms with Crippen molar-refractivity contribution in [3.63, 3.8) is 0 Å². The van der Waals surface area contributed by atoms with Crippen LogP contribution >= 0.6 is 15.9 Å². The van der Waals surface area contributed by atoms with Crippen LogP contribution in [-0.4, -0.2) is 0 Å². The summed E-state index contributed by atoms with van der Waals surface area (Å²) in [6.07, 6.45) is 1.10. The van der Waals surface area contributed by atoms with Crippen LogP contribution in [0.5, 0.6) is 0 Å². The van der Waals surface area contributed by atoms with Crippen molar-refractivity contribution in [3.05, 3.63) is 34.1 Å². The van der Waals surface area contributed by atoms with E-state index in [1.54, 1.807) is 6.07 Å². The quantitative estimate of drug-likeness (QED) is 0.696. The van der Waals surface area contributed by atoms with Gasteiger partial charge in [-0.05, 0) is 41.5 Å². The van der Waals surface area contributed by atoms with Gasteiger partial charge in [-0.2, -0.15) is 0 Å².